The summed E-state index contributed by atoms with van der Waals surface area (Å²) in [5, 5.41) is 11.5. The fourth-order valence-corrected chi connectivity index (χ4v) is 2.29. The number of halogens is 2. The van der Waals surface area contributed by atoms with E-state index in [1.807, 2.05) is 0 Å². The summed E-state index contributed by atoms with van der Waals surface area (Å²) in [6.45, 7) is -0.212. The lowest BCUT2D eigenvalue weighted by Gasteiger charge is -2.09. The number of rotatable bonds is 4. The van der Waals surface area contributed by atoms with E-state index in [-0.39, 0.29) is 6.54 Å². The van der Waals surface area contributed by atoms with Gasteiger partial charge in [-0.25, -0.2) is 0 Å². The smallest absolute Gasteiger partial charge is 0.252 e. The molecular formula is C10H10Br2N2O3. The van der Waals surface area contributed by atoms with Crippen LogP contribution < -0.4 is 11.1 Å². The molecule has 0 bridgehead atoms. The first kappa shape index (κ1) is 14.1. The highest BCUT2D eigenvalue weighted by Crippen LogP contribution is 2.21. The van der Waals surface area contributed by atoms with Crippen LogP contribution in [0.25, 0.3) is 0 Å². The molecule has 0 saturated heterocycles. The monoisotopic (exact) mass is 364 g/mol. The minimum absolute atomic E-state index is 0.212. The number of carbonyl (C=O) groups is 2. The minimum Gasteiger partial charge on any atom is -0.381 e. The van der Waals surface area contributed by atoms with Crippen molar-refractivity contribution in [3.05, 3.63) is 32.7 Å². The van der Waals surface area contributed by atoms with Gasteiger partial charge in [0.2, 0.25) is 5.91 Å². The number of aliphatic hydroxyl groups is 1. The molecule has 4 N–H and O–H groups in total. The third-order valence-corrected chi connectivity index (χ3v) is 3.11. The molecule has 1 rings (SSSR count). The van der Waals surface area contributed by atoms with Crippen molar-refractivity contribution in [3.63, 3.8) is 0 Å². The van der Waals surface area contributed by atoms with Crippen molar-refractivity contribution < 1.29 is 14.7 Å². The van der Waals surface area contributed by atoms with Crippen molar-refractivity contribution in [2.45, 2.75) is 6.10 Å². The van der Waals surface area contributed by atoms with Crippen molar-refractivity contribution in [1.82, 2.24) is 5.32 Å². The first-order valence-electron chi connectivity index (χ1n) is 4.62. The second-order valence-electron chi connectivity index (χ2n) is 3.25. The van der Waals surface area contributed by atoms with Gasteiger partial charge in [-0.1, -0.05) is 15.9 Å². The fraction of sp³-hybridized carbons (Fsp3) is 0.200. The Morgan fingerprint density at radius 2 is 2.06 bits per heavy atom. The van der Waals surface area contributed by atoms with E-state index in [2.05, 4.69) is 37.2 Å². The Morgan fingerprint density at radius 1 is 1.41 bits per heavy atom. The molecule has 0 aliphatic carbocycles. The number of hydrogen-bond donors (Lipinski definition) is 3. The number of aliphatic hydroxyl groups excluding tert-OH is 1. The third-order valence-electron chi connectivity index (χ3n) is 1.96. The molecule has 2 amide bonds. The molecule has 17 heavy (non-hydrogen) atoms. The van der Waals surface area contributed by atoms with E-state index in [0.717, 1.165) is 4.47 Å². The molecule has 92 valence electrons. The SMILES string of the molecule is NC(=O)C(O)CNC(=O)c1ccc(Br)cc1Br. The molecule has 0 radical (unpaired) electrons. The number of carbonyl (C=O) groups excluding carboxylic acids is 2. The lowest BCUT2D eigenvalue weighted by molar-refractivity contribution is -0.125. The van der Waals surface area contributed by atoms with Gasteiger partial charge in [0.15, 0.2) is 0 Å². The molecule has 0 saturated carbocycles. The number of nitrogens with two attached hydrogens (primary N) is 1. The summed E-state index contributed by atoms with van der Waals surface area (Å²) in [6, 6.07) is 5.05. The molecule has 0 spiro atoms. The second-order valence-corrected chi connectivity index (χ2v) is 5.02. The molecule has 0 aliphatic heterocycles. The van der Waals surface area contributed by atoms with Crippen LogP contribution in [0.5, 0.6) is 0 Å². The number of hydrogen-bond acceptors (Lipinski definition) is 3. The Morgan fingerprint density at radius 3 is 2.59 bits per heavy atom. The van der Waals surface area contributed by atoms with Gasteiger partial charge in [0.05, 0.1) is 12.1 Å². The van der Waals surface area contributed by atoms with E-state index >= 15 is 0 Å². The first-order chi connectivity index (χ1) is 7.91. The highest BCUT2D eigenvalue weighted by molar-refractivity contribution is 9.11. The van der Waals surface area contributed by atoms with Crippen LogP contribution in [0.1, 0.15) is 10.4 Å². The lowest BCUT2D eigenvalue weighted by atomic mass is 10.2. The normalized spacial score (nSPS) is 11.9. The van der Waals surface area contributed by atoms with Gasteiger partial charge in [0, 0.05) is 8.95 Å². The summed E-state index contributed by atoms with van der Waals surface area (Å²) in [7, 11) is 0. The predicted molar refractivity (Wildman–Crippen MR) is 69.4 cm³/mol. The van der Waals surface area contributed by atoms with E-state index in [4.69, 9.17) is 10.8 Å². The van der Waals surface area contributed by atoms with Gasteiger partial charge in [-0.05, 0) is 34.1 Å². The van der Waals surface area contributed by atoms with Crippen LogP contribution in [-0.4, -0.2) is 29.6 Å². The van der Waals surface area contributed by atoms with Crippen LogP contribution in [0, 0.1) is 0 Å². The summed E-state index contributed by atoms with van der Waals surface area (Å²) >= 11 is 6.50. The standard InChI is InChI=1S/C10H10Br2N2O3/c11-5-1-2-6(7(12)3-5)10(17)14-4-8(15)9(13)16/h1-3,8,15H,4H2,(H2,13,16)(H,14,17). The highest BCUT2D eigenvalue weighted by atomic mass is 79.9. The van der Waals surface area contributed by atoms with Crippen LogP contribution in [0.2, 0.25) is 0 Å². The molecule has 1 atom stereocenters. The zero-order valence-corrected chi connectivity index (χ0v) is 11.8. The van der Waals surface area contributed by atoms with Gasteiger partial charge >= 0.3 is 0 Å². The molecule has 0 aliphatic rings. The Kier molecular flexibility index (Phi) is 5.10. The summed E-state index contributed by atoms with van der Waals surface area (Å²) < 4.78 is 1.44. The zero-order valence-electron chi connectivity index (χ0n) is 8.61. The minimum atomic E-state index is -1.38. The average molecular weight is 366 g/mol. The molecular weight excluding hydrogens is 356 g/mol. The number of benzene rings is 1. The first-order valence-corrected chi connectivity index (χ1v) is 6.21. The van der Waals surface area contributed by atoms with Crippen LogP contribution in [0.15, 0.2) is 27.1 Å². The summed E-state index contributed by atoms with van der Waals surface area (Å²) in [4.78, 5) is 22.2. The van der Waals surface area contributed by atoms with E-state index in [1.165, 1.54) is 0 Å². The van der Waals surface area contributed by atoms with Crippen molar-refractivity contribution in [2.24, 2.45) is 5.73 Å². The van der Waals surface area contributed by atoms with Gasteiger partial charge in [0.1, 0.15) is 6.10 Å². The van der Waals surface area contributed by atoms with Crippen molar-refractivity contribution in [3.8, 4) is 0 Å². The van der Waals surface area contributed by atoms with E-state index in [0.29, 0.717) is 10.0 Å². The molecule has 0 aromatic heterocycles. The molecule has 5 nitrogen and oxygen atoms in total. The van der Waals surface area contributed by atoms with Gasteiger partial charge in [-0.2, -0.15) is 0 Å². The Labute approximate surface area is 115 Å². The van der Waals surface area contributed by atoms with Crippen LogP contribution in [-0.2, 0) is 4.79 Å². The van der Waals surface area contributed by atoms with Gasteiger partial charge in [-0.15, -0.1) is 0 Å². The van der Waals surface area contributed by atoms with Gasteiger partial charge < -0.3 is 16.2 Å². The van der Waals surface area contributed by atoms with Gasteiger partial charge in [-0.3, -0.25) is 9.59 Å². The Hall–Kier alpha value is -0.920. The number of nitrogens with one attached hydrogen (secondary N) is 1. The average Bonchev–Trinajstić information content (AvgIpc) is 2.25. The van der Waals surface area contributed by atoms with E-state index in [9.17, 15) is 9.59 Å². The number of primary amides is 1. The largest absolute Gasteiger partial charge is 0.381 e. The fourth-order valence-electron chi connectivity index (χ4n) is 1.06. The van der Waals surface area contributed by atoms with E-state index < -0.39 is 17.9 Å². The van der Waals surface area contributed by atoms with Crippen LogP contribution in [0.4, 0.5) is 0 Å². The summed E-state index contributed by atoms with van der Waals surface area (Å²) in [5.41, 5.74) is 5.26. The maximum absolute atomic E-state index is 11.7. The molecule has 1 aromatic rings. The quantitative estimate of drug-likeness (QED) is 0.736. The van der Waals surface area contributed by atoms with Crippen molar-refractivity contribution in [1.29, 1.82) is 0 Å². The maximum Gasteiger partial charge on any atom is 0.252 e. The molecule has 1 unspecified atom stereocenters. The summed E-state index contributed by atoms with van der Waals surface area (Å²) in [5.74, 6) is -1.27. The topological polar surface area (TPSA) is 92.4 Å². The van der Waals surface area contributed by atoms with Crippen molar-refractivity contribution >= 4 is 43.7 Å². The molecule has 7 heteroatoms. The molecule has 0 heterocycles. The van der Waals surface area contributed by atoms with Crippen molar-refractivity contribution in [2.75, 3.05) is 6.54 Å². The third kappa shape index (κ3) is 4.10. The van der Waals surface area contributed by atoms with Crippen LogP contribution in [0.3, 0.4) is 0 Å². The lowest BCUT2D eigenvalue weighted by Crippen LogP contribution is -2.40. The molecule has 1 aromatic carbocycles. The highest BCUT2D eigenvalue weighted by Gasteiger charge is 2.14. The number of amides is 2. The Bertz CT molecular complexity index is 451. The Balaban J connectivity index is 2.67. The second kappa shape index (κ2) is 6.13. The van der Waals surface area contributed by atoms with E-state index in [1.54, 1.807) is 18.2 Å². The summed E-state index contributed by atoms with van der Waals surface area (Å²) in [6.07, 6.45) is -1.38. The molecule has 0 fully saturated rings. The predicted octanol–water partition coefficient (Wildman–Crippen LogP) is 0.788. The maximum atomic E-state index is 11.7. The van der Waals surface area contributed by atoms with Crippen LogP contribution >= 0.6 is 31.9 Å². The van der Waals surface area contributed by atoms with Gasteiger partial charge in [0.25, 0.3) is 5.91 Å². The zero-order chi connectivity index (χ0) is 13.0.